The van der Waals surface area contributed by atoms with Gasteiger partial charge in [0.15, 0.2) is 5.60 Å². The lowest BCUT2D eigenvalue weighted by molar-refractivity contribution is -0.175. The van der Waals surface area contributed by atoms with Gasteiger partial charge in [-0.25, -0.2) is 23.1 Å². The predicted octanol–water partition coefficient (Wildman–Crippen LogP) is 5.55. The molecule has 0 aliphatic heterocycles. The highest BCUT2D eigenvalue weighted by molar-refractivity contribution is 6.30. The molecular formula is C24H15ClF5N3O2. The first-order valence-electron chi connectivity index (χ1n) is 9.97. The fraction of sp³-hybridized carbons (Fsp3) is 0.125. The molecule has 0 saturated heterocycles. The Kier molecular flexibility index (Phi) is 6.68. The minimum absolute atomic E-state index is 0.0594. The molecule has 1 N–H and O–H groups in total. The molecule has 0 bridgehead atoms. The summed E-state index contributed by atoms with van der Waals surface area (Å²) >= 11 is 5.63. The molecule has 0 spiro atoms. The summed E-state index contributed by atoms with van der Waals surface area (Å²) in [6.45, 7) is -0.0996. The smallest absolute Gasteiger partial charge is 0.326 e. The van der Waals surface area contributed by atoms with Gasteiger partial charge in [-0.15, -0.1) is 0 Å². The summed E-state index contributed by atoms with van der Waals surface area (Å²) in [6, 6.07) is 7.92. The van der Waals surface area contributed by atoms with Crippen LogP contribution in [0.15, 0.2) is 73.4 Å². The molecule has 11 heteroatoms. The van der Waals surface area contributed by atoms with Crippen LogP contribution < -0.4 is 4.74 Å². The van der Waals surface area contributed by atoms with Gasteiger partial charge in [0.25, 0.3) is 0 Å². The number of alkyl halides is 2. The quantitative estimate of drug-likeness (QED) is 0.332. The second-order valence-electron chi connectivity index (χ2n) is 7.45. The van der Waals surface area contributed by atoms with Crippen molar-refractivity contribution in [2.75, 3.05) is 0 Å². The van der Waals surface area contributed by atoms with Crippen LogP contribution in [-0.4, -0.2) is 20.1 Å². The minimum Gasteiger partial charge on any atom is -0.487 e. The molecule has 2 aromatic carbocycles. The number of ether oxygens (including phenoxy) is 1. The Morgan fingerprint density at radius 3 is 2.26 bits per heavy atom. The maximum atomic E-state index is 15.8. The number of aliphatic hydroxyl groups is 1. The van der Waals surface area contributed by atoms with E-state index in [1.165, 1.54) is 12.1 Å². The molecule has 2 aromatic heterocycles. The zero-order valence-corrected chi connectivity index (χ0v) is 18.4. The van der Waals surface area contributed by atoms with Gasteiger partial charge >= 0.3 is 5.92 Å². The fourth-order valence-electron chi connectivity index (χ4n) is 3.41. The van der Waals surface area contributed by atoms with E-state index in [0.717, 1.165) is 49.2 Å². The molecular weight excluding hydrogens is 493 g/mol. The van der Waals surface area contributed by atoms with Crippen molar-refractivity contribution < 1.29 is 31.8 Å². The Labute approximate surface area is 200 Å². The van der Waals surface area contributed by atoms with Gasteiger partial charge in [0.05, 0.1) is 11.2 Å². The summed E-state index contributed by atoms with van der Waals surface area (Å²) in [5.41, 5.74) is -5.26. The zero-order valence-electron chi connectivity index (χ0n) is 17.6. The number of nitrogens with zero attached hydrogens (tertiary/aromatic N) is 3. The zero-order chi connectivity index (χ0) is 25.2. The second-order valence-corrected chi connectivity index (χ2v) is 7.86. The molecule has 4 aromatic rings. The third-order valence-electron chi connectivity index (χ3n) is 5.20. The molecule has 2 heterocycles. The average Bonchev–Trinajstić information content (AvgIpc) is 2.85. The van der Waals surface area contributed by atoms with E-state index in [4.69, 9.17) is 16.3 Å². The van der Waals surface area contributed by atoms with Crippen LogP contribution in [0.2, 0.25) is 5.02 Å². The normalized spacial score (nSPS) is 13.3. The number of pyridine rings is 1. The largest absolute Gasteiger partial charge is 0.487 e. The summed E-state index contributed by atoms with van der Waals surface area (Å²) in [5.74, 6) is -7.21. The van der Waals surface area contributed by atoms with Crippen molar-refractivity contribution in [2.24, 2.45) is 0 Å². The number of benzene rings is 2. The first-order chi connectivity index (χ1) is 16.6. The number of aromatic nitrogens is 3. The highest BCUT2D eigenvalue weighted by atomic mass is 35.5. The Balaban J connectivity index is 1.67. The molecule has 5 nitrogen and oxygen atoms in total. The number of hydrogen-bond acceptors (Lipinski definition) is 5. The predicted molar refractivity (Wildman–Crippen MR) is 115 cm³/mol. The van der Waals surface area contributed by atoms with Gasteiger partial charge in [-0.2, -0.15) is 8.78 Å². The van der Waals surface area contributed by atoms with Crippen molar-refractivity contribution in [1.29, 1.82) is 0 Å². The molecule has 0 fully saturated rings. The molecule has 0 amide bonds. The second kappa shape index (κ2) is 9.55. The Hall–Kier alpha value is -3.63. The van der Waals surface area contributed by atoms with Crippen LogP contribution in [0.4, 0.5) is 22.0 Å². The number of rotatable bonds is 7. The van der Waals surface area contributed by atoms with Gasteiger partial charge in [-0.3, -0.25) is 4.98 Å². The molecule has 0 aliphatic carbocycles. The molecule has 0 radical (unpaired) electrons. The van der Waals surface area contributed by atoms with Gasteiger partial charge in [-0.1, -0.05) is 17.7 Å². The summed E-state index contributed by atoms with van der Waals surface area (Å²) in [6.07, 6.45) is 3.80. The monoisotopic (exact) mass is 507 g/mol. The van der Waals surface area contributed by atoms with E-state index in [0.29, 0.717) is 17.7 Å². The van der Waals surface area contributed by atoms with Crippen molar-refractivity contribution in [2.45, 2.75) is 18.1 Å². The Morgan fingerprint density at radius 2 is 1.63 bits per heavy atom. The number of halogens is 6. The highest BCUT2D eigenvalue weighted by Gasteiger charge is 2.59. The molecule has 0 saturated carbocycles. The van der Waals surface area contributed by atoms with E-state index >= 15 is 8.78 Å². The SMILES string of the molecule is OC(c1cncnc1)(c1ccc(F)cc1F)C(F)(F)c1ccc(OCc2ccc(Cl)c(F)c2)cn1. The van der Waals surface area contributed by atoms with Gasteiger partial charge in [0.1, 0.15) is 41.8 Å². The lowest BCUT2D eigenvalue weighted by atomic mass is 9.80. The molecule has 180 valence electrons. The lowest BCUT2D eigenvalue weighted by Crippen LogP contribution is -2.45. The molecule has 4 rings (SSSR count). The van der Waals surface area contributed by atoms with E-state index < -0.39 is 45.8 Å². The highest BCUT2D eigenvalue weighted by Crippen LogP contribution is 2.49. The maximum Gasteiger partial charge on any atom is 0.326 e. The molecule has 0 aliphatic rings. The average molecular weight is 508 g/mol. The van der Waals surface area contributed by atoms with Gasteiger partial charge in [-0.05, 0) is 42.0 Å². The van der Waals surface area contributed by atoms with Crippen LogP contribution in [0.3, 0.4) is 0 Å². The minimum atomic E-state index is -4.23. The van der Waals surface area contributed by atoms with Gasteiger partial charge < -0.3 is 9.84 Å². The van der Waals surface area contributed by atoms with Crippen molar-refractivity contribution in [3.05, 3.63) is 118 Å². The van der Waals surface area contributed by atoms with Crippen LogP contribution in [0.25, 0.3) is 0 Å². The van der Waals surface area contributed by atoms with Crippen molar-refractivity contribution in [1.82, 2.24) is 15.0 Å². The number of hydrogen-bond donors (Lipinski definition) is 1. The summed E-state index contributed by atoms with van der Waals surface area (Å²) in [4.78, 5) is 11.0. The van der Waals surface area contributed by atoms with E-state index in [-0.39, 0.29) is 17.4 Å². The van der Waals surface area contributed by atoms with Crippen LogP contribution in [-0.2, 0) is 18.1 Å². The van der Waals surface area contributed by atoms with Gasteiger partial charge in [0.2, 0.25) is 0 Å². The third-order valence-corrected chi connectivity index (χ3v) is 5.51. The van der Waals surface area contributed by atoms with E-state index in [2.05, 4.69) is 15.0 Å². The molecule has 35 heavy (non-hydrogen) atoms. The summed E-state index contributed by atoms with van der Waals surface area (Å²) in [5, 5.41) is 11.2. The van der Waals surface area contributed by atoms with Crippen LogP contribution in [0, 0.1) is 17.5 Å². The van der Waals surface area contributed by atoms with E-state index in [9.17, 15) is 18.3 Å². The first-order valence-corrected chi connectivity index (χ1v) is 10.3. The summed E-state index contributed by atoms with van der Waals surface area (Å²) < 4.78 is 78.7. The van der Waals surface area contributed by atoms with Gasteiger partial charge in [0, 0.05) is 29.6 Å². The van der Waals surface area contributed by atoms with E-state index in [1.807, 2.05) is 0 Å². The van der Waals surface area contributed by atoms with Crippen molar-refractivity contribution in [3.63, 3.8) is 0 Å². The maximum absolute atomic E-state index is 15.8. The van der Waals surface area contributed by atoms with E-state index in [1.54, 1.807) is 0 Å². The molecule has 1 atom stereocenters. The Morgan fingerprint density at radius 1 is 0.886 bits per heavy atom. The standard InChI is InChI=1S/C24H15ClF5N3O2/c25-19-5-1-14(7-21(19)28)12-35-17-3-6-22(33-11-17)24(29,30)23(34,15-9-31-13-32-10-15)18-4-2-16(26)8-20(18)27/h1-11,13,34H,12H2. The first kappa shape index (κ1) is 24.5. The third kappa shape index (κ3) is 4.67. The fourth-order valence-corrected chi connectivity index (χ4v) is 3.53. The van der Waals surface area contributed by atoms with Crippen LogP contribution in [0.1, 0.15) is 22.4 Å². The topological polar surface area (TPSA) is 68.1 Å². The lowest BCUT2D eigenvalue weighted by Gasteiger charge is -2.36. The molecule has 1 unspecified atom stereocenters. The Bertz CT molecular complexity index is 1340. The van der Waals surface area contributed by atoms with Crippen LogP contribution in [0.5, 0.6) is 5.75 Å². The van der Waals surface area contributed by atoms with Crippen molar-refractivity contribution >= 4 is 11.6 Å². The van der Waals surface area contributed by atoms with Crippen LogP contribution >= 0.6 is 11.6 Å². The van der Waals surface area contributed by atoms with Crippen molar-refractivity contribution in [3.8, 4) is 5.75 Å². The summed E-state index contributed by atoms with van der Waals surface area (Å²) in [7, 11) is 0.